The van der Waals surface area contributed by atoms with E-state index in [9.17, 15) is 17.6 Å². The second-order valence-corrected chi connectivity index (χ2v) is 6.52. The predicted octanol–water partition coefficient (Wildman–Crippen LogP) is 1.49. The number of aryl methyl sites for hydroxylation is 1. The van der Waals surface area contributed by atoms with Crippen LogP contribution in [-0.4, -0.2) is 19.3 Å². The molecule has 106 valence electrons. The zero-order chi connectivity index (χ0) is 14.9. The van der Waals surface area contributed by atoms with E-state index in [4.69, 9.17) is 5.14 Å². The van der Waals surface area contributed by atoms with Gasteiger partial charge in [-0.25, -0.2) is 22.9 Å². The highest BCUT2D eigenvalue weighted by molar-refractivity contribution is 7.89. The van der Waals surface area contributed by atoms with Crippen molar-refractivity contribution in [1.29, 1.82) is 0 Å². The molecule has 0 saturated heterocycles. The Hall–Kier alpha value is -1.84. The lowest BCUT2D eigenvalue weighted by atomic mass is 10.3. The summed E-state index contributed by atoms with van der Waals surface area (Å²) in [4.78, 5) is 15.4. The van der Waals surface area contributed by atoms with E-state index in [2.05, 4.69) is 10.3 Å². The Morgan fingerprint density at radius 1 is 1.45 bits per heavy atom. The maximum absolute atomic E-state index is 13.7. The zero-order valence-electron chi connectivity index (χ0n) is 10.3. The highest BCUT2D eigenvalue weighted by atomic mass is 32.2. The number of nitrogens with zero attached hydrogens (tertiary/aromatic N) is 1. The molecule has 3 N–H and O–H groups in total. The predicted molar refractivity (Wildman–Crippen MR) is 72.6 cm³/mol. The molecule has 0 aliphatic carbocycles. The largest absolute Gasteiger partial charge is 0.318 e. The van der Waals surface area contributed by atoms with Gasteiger partial charge in [0.05, 0.1) is 15.6 Å². The molecule has 1 heterocycles. The second-order valence-electron chi connectivity index (χ2n) is 3.89. The molecule has 1 amide bonds. The van der Waals surface area contributed by atoms with Crippen LogP contribution in [0.3, 0.4) is 0 Å². The van der Waals surface area contributed by atoms with Crippen LogP contribution in [0.15, 0.2) is 28.5 Å². The summed E-state index contributed by atoms with van der Waals surface area (Å²) in [5, 5.41) is 9.44. The molecule has 0 fully saturated rings. The van der Waals surface area contributed by atoms with Crippen LogP contribution in [0.25, 0.3) is 0 Å². The van der Waals surface area contributed by atoms with Crippen molar-refractivity contribution in [2.24, 2.45) is 5.14 Å². The molecule has 0 radical (unpaired) electrons. The minimum Gasteiger partial charge on any atom is -0.318 e. The molecular formula is C11H10FN3O3S2. The number of halogens is 1. The summed E-state index contributed by atoms with van der Waals surface area (Å²) in [5.74, 6) is -1.46. The Kier molecular flexibility index (Phi) is 3.84. The summed E-state index contributed by atoms with van der Waals surface area (Å²) in [6.07, 6.45) is 0. The average molecular weight is 315 g/mol. The van der Waals surface area contributed by atoms with Gasteiger partial charge in [-0.05, 0) is 25.1 Å². The third-order valence-electron chi connectivity index (χ3n) is 2.37. The fraction of sp³-hybridized carbons (Fsp3) is 0.0909. The summed E-state index contributed by atoms with van der Waals surface area (Å²) in [6.45, 7) is 1.74. The maximum atomic E-state index is 13.7. The molecule has 6 nitrogen and oxygen atoms in total. The van der Waals surface area contributed by atoms with E-state index >= 15 is 0 Å². The normalized spacial score (nSPS) is 11.3. The summed E-state index contributed by atoms with van der Waals surface area (Å²) in [5.41, 5.74) is 0.0236. The molecule has 9 heteroatoms. The number of aromatic nitrogens is 1. The van der Waals surface area contributed by atoms with Gasteiger partial charge in [-0.15, -0.1) is 11.3 Å². The van der Waals surface area contributed by atoms with Gasteiger partial charge in [0, 0.05) is 5.38 Å². The van der Waals surface area contributed by atoms with Crippen LogP contribution in [0.4, 0.5) is 10.1 Å². The van der Waals surface area contributed by atoms with Gasteiger partial charge in [-0.3, -0.25) is 4.79 Å². The molecule has 0 unspecified atom stereocenters. The number of sulfonamides is 1. The molecular weight excluding hydrogens is 305 g/mol. The first-order valence-corrected chi connectivity index (χ1v) is 7.76. The number of carbonyl (C=O) groups excluding carboxylic acids is 1. The highest BCUT2D eigenvalue weighted by Crippen LogP contribution is 2.19. The number of rotatable bonds is 3. The van der Waals surface area contributed by atoms with Crippen molar-refractivity contribution in [3.05, 3.63) is 40.1 Å². The molecule has 1 aromatic heterocycles. The minimum absolute atomic E-state index is 0.145. The smallest absolute Gasteiger partial charge is 0.275 e. The fourth-order valence-electron chi connectivity index (χ4n) is 1.43. The minimum atomic E-state index is -3.98. The first kappa shape index (κ1) is 14.6. The monoisotopic (exact) mass is 315 g/mol. The molecule has 0 aliphatic heterocycles. The summed E-state index contributed by atoms with van der Waals surface area (Å²) >= 11 is 1.29. The van der Waals surface area contributed by atoms with Crippen molar-refractivity contribution < 1.29 is 17.6 Å². The van der Waals surface area contributed by atoms with Crippen LogP contribution in [0.2, 0.25) is 0 Å². The number of hydrogen-bond donors (Lipinski definition) is 2. The van der Waals surface area contributed by atoms with Crippen molar-refractivity contribution in [3.63, 3.8) is 0 Å². The standard InChI is InChI=1S/C11H10FN3O3S2/c1-6-14-10(5-19-6)11(16)15-9-3-2-7(4-8(9)12)20(13,17)18/h2-5H,1H3,(H,15,16)(H2,13,17,18). The number of anilines is 1. The number of amides is 1. The van der Waals surface area contributed by atoms with Gasteiger partial charge in [0.2, 0.25) is 10.0 Å². The van der Waals surface area contributed by atoms with Crippen molar-refractivity contribution in [3.8, 4) is 0 Å². The molecule has 2 rings (SSSR count). The van der Waals surface area contributed by atoms with Gasteiger partial charge < -0.3 is 5.32 Å². The van der Waals surface area contributed by atoms with Crippen LogP contribution in [0, 0.1) is 12.7 Å². The molecule has 0 saturated carbocycles. The van der Waals surface area contributed by atoms with Crippen molar-refractivity contribution in [1.82, 2.24) is 4.98 Å². The number of primary sulfonamides is 1. The van der Waals surface area contributed by atoms with Crippen LogP contribution in [-0.2, 0) is 10.0 Å². The highest BCUT2D eigenvalue weighted by Gasteiger charge is 2.15. The molecule has 0 atom stereocenters. The van der Waals surface area contributed by atoms with Gasteiger partial charge in [-0.1, -0.05) is 0 Å². The fourth-order valence-corrected chi connectivity index (χ4v) is 2.55. The lowest BCUT2D eigenvalue weighted by Gasteiger charge is -2.06. The topological polar surface area (TPSA) is 102 Å². The lowest BCUT2D eigenvalue weighted by molar-refractivity contribution is 0.102. The second kappa shape index (κ2) is 5.27. The summed E-state index contributed by atoms with van der Waals surface area (Å²) in [7, 11) is -3.98. The third kappa shape index (κ3) is 3.18. The molecule has 1 aromatic carbocycles. The first-order chi connectivity index (χ1) is 9.27. The van der Waals surface area contributed by atoms with Crippen molar-refractivity contribution >= 4 is 33.0 Å². The summed E-state index contributed by atoms with van der Waals surface area (Å²) in [6, 6.07) is 2.99. The zero-order valence-corrected chi connectivity index (χ0v) is 11.9. The molecule has 0 bridgehead atoms. The van der Waals surface area contributed by atoms with E-state index in [1.165, 1.54) is 11.3 Å². The Bertz CT molecular complexity index is 771. The van der Waals surface area contributed by atoms with Gasteiger partial charge in [0.15, 0.2) is 0 Å². The Morgan fingerprint density at radius 2 is 2.15 bits per heavy atom. The van der Waals surface area contributed by atoms with Crippen molar-refractivity contribution in [2.45, 2.75) is 11.8 Å². The van der Waals surface area contributed by atoms with Gasteiger partial charge in [0.25, 0.3) is 5.91 Å². The van der Waals surface area contributed by atoms with Gasteiger partial charge in [-0.2, -0.15) is 0 Å². The number of carbonyl (C=O) groups is 1. The van der Waals surface area contributed by atoms with Crippen molar-refractivity contribution in [2.75, 3.05) is 5.32 Å². The first-order valence-electron chi connectivity index (χ1n) is 5.33. The van der Waals surface area contributed by atoms with E-state index in [0.717, 1.165) is 18.2 Å². The van der Waals surface area contributed by atoms with Crippen LogP contribution >= 0.6 is 11.3 Å². The molecule has 2 aromatic rings. The number of nitrogens with two attached hydrogens (primary N) is 1. The Labute approximate surface area is 118 Å². The third-order valence-corrected chi connectivity index (χ3v) is 4.05. The Balaban J connectivity index is 2.25. The summed E-state index contributed by atoms with van der Waals surface area (Å²) < 4.78 is 35.8. The molecule has 0 spiro atoms. The maximum Gasteiger partial charge on any atom is 0.275 e. The van der Waals surface area contributed by atoms with Crippen LogP contribution in [0.5, 0.6) is 0 Å². The van der Waals surface area contributed by atoms with Crippen LogP contribution < -0.4 is 10.5 Å². The van der Waals surface area contributed by atoms with Gasteiger partial charge in [0.1, 0.15) is 11.5 Å². The van der Waals surface area contributed by atoms with E-state index in [0.29, 0.717) is 5.01 Å². The van der Waals surface area contributed by atoms with E-state index in [1.54, 1.807) is 12.3 Å². The molecule has 0 aliphatic rings. The van der Waals surface area contributed by atoms with E-state index < -0.39 is 21.7 Å². The van der Waals surface area contributed by atoms with Gasteiger partial charge >= 0.3 is 0 Å². The Morgan fingerprint density at radius 3 is 2.65 bits per heavy atom. The quantitative estimate of drug-likeness (QED) is 0.895. The molecule has 20 heavy (non-hydrogen) atoms. The number of thiazole rings is 1. The number of hydrogen-bond acceptors (Lipinski definition) is 5. The average Bonchev–Trinajstić information content (AvgIpc) is 2.77. The number of benzene rings is 1. The number of nitrogens with one attached hydrogen (secondary N) is 1. The van der Waals surface area contributed by atoms with E-state index in [-0.39, 0.29) is 16.3 Å². The lowest BCUT2D eigenvalue weighted by Crippen LogP contribution is -2.15. The van der Waals surface area contributed by atoms with Crippen LogP contribution in [0.1, 0.15) is 15.5 Å². The SMILES string of the molecule is Cc1nc(C(=O)Nc2ccc(S(N)(=O)=O)cc2F)cs1. The van der Waals surface area contributed by atoms with E-state index in [1.807, 2.05) is 0 Å².